The van der Waals surface area contributed by atoms with Gasteiger partial charge in [-0.2, -0.15) is 0 Å². The number of nitrogens with zero attached hydrogens (tertiary/aromatic N) is 1. The third-order valence-corrected chi connectivity index (χ3v) is 3.47. The Morgan fingerprint density at radius 1 is 1.29 bits per heavy atom. The van der Waals surface area contributed by atoms with E-state index < -0.39 is 0 Å². The van der Waals surface area contributed by atoms with Gasteiger partial charge in [0.15, 0.2) is 0 Å². The van der Waals surface area contributed by atoms with Crippen molar-refractivity contribution in [3.05, 3.63) is 0 Å². The number of likely N-dealkylation sites (tertiary alicyclic amines) is 1. The molecule has 82 valence electrons. The van der Waals surface area contributed by atoms with E-state index in [0.717, 1.165) is 12.0 Å². The fraction of sp³-hybridized carbons (Fsp3) is 1.00. The van der Waals surface area contributed by atoms with Crippen molar-refractivity contribution in [2.45, 2.75) is 45.1 Å². The van der Waals surface area contributed by atoms with Crippen LogP contribution >= 0.6 is 0 Å². The van der Waals surface area contributed by atoms with Crippen LogP contribution < -0.4 is 5.32 Å². The Balaban J connectivity index is 1.56. The van der Waals surface area contributed by atoms with Crippen molar-refractivity contribution < 1.29 is 0 Å². The van der Waals surface area contributed by atoms with Crippen LogP contribution in [0.3, 0.4) is 0 Å². The van der Waals surface area contributed by atoms with Gasteiger partial charge in [-0.15, -0.1) is 0 Å². The SMILES string of the molecule is CCCCN1CCC(CNC2CC2)C1. The van der Waals surface area contributed by atoms with Crippen LogP contribution in [0.1, 0.15) is 39.0 Å². The predicted molar refractivity (Wildman–Crippen MR) is 60.5 cm³/mol. The first-order valence-electron chi connectivity index (χ1n) is 6.34. The number of unbranched alkanes of at least 4 members (excludes halogenated alkanes) is 1. The van der Waals surface area contributed by atoms with E-state index in [-0.39, 0.29) is 0 Å². The highest BCUT2D eigenvalue weighted by Gasteiger charge is 2.25. The minimum absolute atomic E-state index is 0.889. The molecule has 1 aliphatic carbocycles. The molecule has 2 rings (SSSR count). The first-order chi connectivity index (χ1) is 6.88. The van der Waals surface area contributed by atoms with Crippen molar-refractivity contribution in [1.82, 2.24) is 10.2 Å². The molecule has 0 radical (unpaired) electrons. The molecule has 2 aliphatic rings. The molecule has 0 spiro atoms. The van der Waals surface area contributed by atoms with Crippen LogP contribution in [0, 0.1) is 5.92 Å². The molecule has 1 heterocycles. The highest BCUT2D eigenvalue weighted by atomic mass is 15.1. The standard InChI is InChI=1S/C12H24N2/c1-2-3-7-14-8-6-11(10-14)9-13-12-4-5-12/h11-13H,2-10H2,1H3. The zero-order valence-corrected chi connectivity index (χ0v) is 9.47. The third-order valence-electron chi connectivity index (χ3n) is 3.47. The summed E-state index contributed by atoms with van der Waals surface area (Å²) >= 11 is 0. The average molecular weight is 196 g/mol. The van der Waals surface area contributed by atoms with Crippen molar-refractivity contribution >= 4 is 0 Å². The topological polar surface area (TPSA) is 15.3 Å². The third kappa shape index (κ3) is 3.25. The smallest absolute Gasteiger partial charge is 0.00683 e. The summed E-state index contributed by atoms with van der Waals surface area (Å²) in [6.45, 7) is 7.57. The molecule has 14 heavy (non-hydrogen) atoms. The molecule has 1 saturated heterocycles. The molecule has 0 aromatic rings. The van der Waals surface area contributed by atoms with Crippen molar-refractivity contribution in [3.63, 3.8) is 0 Å². The number of nitrogens with one attached hydrogen (secondary N) is 1. The van der Waals surface area contributed by atoms with Crippen molar-refractivity contribution in [3.8, 4) is 0 Å². The van der Waals surface area contributed by atoms with Crippen LogP contribution in [0.2, 0.25) is 0 Å². The summed E-state index contributed by atoms with van der Waals surface area (Å²) in [6, 6.07) is 0.889. The van der Waals surface area contributed by atoms with Gasteiger partial charge in [0, 0.05) is 12.6 Å². The monoisotopic (exact) mass is 196 g/mol. The summed E-state index contributed by atoms with van der Waals surface area (Å²) in [5.41, 5.74) is 0. The normalized spacial score (nSPS) is 28.5. The zero-order valence-electron chi connectivity index (χ0n) is 9.47. The maximum atomic E-state index is 3.65. The van der Waals surface area contributed by atoms with Crippen LogP contribution in [0.5, 0.6) is 0 Å². The lowest BCUT2D eigenvalue weighted by Gasteiger charge is -2.15. The van der Waals surface area contributed by atoms with Crippen LogP contribution in [-0.2, 0) is 0 Å². The minimum Gasteiger partial charge on any atom is -0.314 e. The molecule has 0 aromatic heterocycles. The minimum atomic E-state index is 0.889. The summed E-state index contributed by atoms with van der Waals surface area (Å²) < 4.78 is 0. The molecular weight excluding hydrogens is 172 g/mol. The second kappa shape index (κ2) is 5.13. The maximum Gasteiger partial charge on any atom is 0.00683 e. The maximum absolute atomic E-state index is 3.65. The van der Waals surface area contributed by atoms with Gasteiger partial charge < -0.3 is 10.2 Å². The Kier molecular flexibility index (Phi) is 3.82. The van der Waals surface area contributed by atoms with E-state index in [2.05, 4.69) is 17.1 Å². The van der Waals surface area contributed by atoms with Crippen LogP contribution in [-0.4, -0.2) is 37.1 Å². The van der Waals surface area contributed by atoms with Gasteiger partial charge in [0.25, 0.3) is 0 Å². The Morgan fingerprint density at radius 3 is 2.86 bits per heavy atom. The molecule has 1 aliphatic heterocycles. The van der Waals surface area contributed by atoms with E-state index in [0.29, 0.717) is 0 Å². The van der Waals surface area contributed by atoms with E-state index in [1.54, 1.807) is 0 Å². The lowest BCUT2D eigenvalue weighted by Crippen LogP contribution is -2.28. The Labute approximate surface area is 88.1 Å². The molecule has 2 heteroatoms. The van der Waals surface area contributed by atoms with Crippen molar-refractivity contribution in [1.29, 1.82) is 0 Å². The van der Waals surface area contributed by atoms with Gasteiger partial charge in [-0.1, -0.05) is 13.3 Å². The molecule has 2 nitrogen and oxygen atoms in total. The number of rotatable bonds is 6. The molecule has 1 saturated carbocycles. The molecule has 1 N–H and O–H groups in total. The fourth-order valence-electron chi connectivity index (χ4n) is 2.29. The summed E-state index contributed by atoms with van der Waals surface area (Å²) in [4.78, 5) is 2.64. The Morgan fingerprint density at radius 2 is 2.14 bits per heavy atom. The van der Waals surface area contributed by atoms with Gasteiger partial charge in [-0.05, 0) is 51.2 Å². The summed E-state index contributed by atoms with van der Waals surface area (Å²) in [5.74, 6) is 0.937. The Bertz CT molecular complexity index is 166. The van der Waals surface area contributed by atoms with Gasteiger partial charge in [-0.25, -0.2) is 0 Å². The molecule has 0 amide bonds. The predicted octanol–water partition coefficient (Wildman–Crippen LogP) is 1.86. The summed E-state index contributed by atoms with van der Waals surface area (Å²) in [5, 5.41) is 3.65. The van der Waals surface area contributed by atoms with Crippen LogP contribution in [0.4, 0.5) is 0 Å². The molecule has 0 bridgehead atoms. The zero-order chi connectivity index (χ0) is 9.80. The molecular formula is C12H24N2. The molecule has 1 atom stereocenters. The van der Waals surface area contributed by atoms with Gasteiger partial charge in [0.2, 0.25) is 0 Å². The molecule has 1 unspecified atom stereocenters. The second-order valence-corrected chi connectivity index (χ2v) is 4.99. The largest absolute Gasteiger partial charge is 0.314 e. The van der Waals surface area contributed by atoms with E-state index >= 15 is 0 Å². The van der Waals surface area contributed by atoms with Gasteiger partial charge in [0.05, 0.1) is 0 Å². The lowest BCUT2D eigenvalue weighted by atomic mass is 10.1. The van der Waals surface area contributed by atoms with Crippen LogP contribution in [0.25, 0.3) is 0 Å². The van der Waals surface area contributed by atoms with E-state index in [1.807, 2.05) is 0 Å². The van der Waals surface area contributed by atoms with Crippen molar-refractivity contribution in [2.75, 3.05) is 26.2 Å². The molecule has 2 fully saturated rings. The lowest BCUT2D eigenvalue weighted by molar-refractivity contribution is 0.316. The first-order valence-corrected chi connectivity index (χ1v) is 6.34. The van der Waals surface area contributed by atoms with Gasteiger partial charge >= 0.3 is 0 Å². The van der Waals surface area contributed by atoms with Crippen molar-refractivity contribution in [2.24, 2.45) is 5.92 Å². The van der Waals surface area contributed by atoms with Gasteiger partial charge in [-0.3, -0.25) is 0 Å². The fourth-order valence-corrected chi connectivity index (χ4v) is 2.29. The summed E-state index contributed by atoms with van der Waals surface area (Å²) in [6.07, 6.45) is 6.98. The first kappa shape index (κ1) is 10.4. The number of hydrogen-bond acceptors (Lipinski definition) is 2. The van der Waals surface area contributed by atoms with E-state index in [1.165, 1.54) is 58.3 Å². The van der Waals surface area contributed by atoms with Gasteiger partial charge in [0.1, 0.15) is 0 Å². The Hall–Kier alpha value is -0.0800. The summed E-state index contributed by atoms with van der Waals surface area (Å²) in [7, 11) is 0. The average Bonchev–Trinajstić information content (AvgIpc) is 2.92. The van der Waals surface area contributed by atoms with Crippen LogP contribution in [0.15, 0.2) is 0 Å². The highest BCUT2D eigenvalue weighted by molar-refractivity contribution is 4.84. The quantitative estimate of drug-likeness (QED) is 0.697. The van der Waals surface area contributed by atoms with E-state index in [4.69, 9.17) is 0 Å². The highest BCUT2D eigenvalue weighted by Crippen LogP contribution is 2.21. The molecule has 0 aromatic carbocycles. The number of hydrogen-bond donors (Lipinski definition) is 1. The van der Waals surface area contributed by atoms with E-state index in [9.17, 15) is 0 Å². The second-order valence-electron chi connectivity index (χ2n) is 4.99.